The molecule has 0 saturated heterocycles. The number of benzene rings is 10. The predicted octanol–water partition coefficient (Wildman–Crippen LogP) is 16.0. The van der Waals surface area contributed by atoms with E-state index < -0.39 is 0 Å². The van der Waals surface area contributed by atoms with Crippen LogP contribution in [-0.2, 0) is 0 Å². The standard InChI is InChI=1S/C52H30S2/c1-5-19-39-35(15-1)49(31-25-27-47-43(29-31)33-13-9-11-23-45(33)53-47)36-16-2-6-20-40(36)51(39)52-41-21-7-3-17-37(41)50(38-18-4-8-22-42(38)52)32-26-28-48-44(30-32)34-14-10-12-24-46(34)54-48/h1-30H. The minimum atomic E-state index is 1.26. The van der Waals surface area contributed by atoms with Crippen molar-refractivity contribution in [2.24, 2.45) is 0 Å². The molecule has 0 spiro atoms. The van der Waals surface area contributed by atoms with Gasteiger partial charge in [-0.25, -0.2) is 0 Å². The molecule has 0 fully saturated rings. The average Bonchev–Trinajstić information content (AvgIpc) is 3.80. The first kappa shape index (κ1) is 30.2. The zero-order valence-corrected chi connectivity index (χ0v) is 30.8. The minimum Gasteiger partial charge on any atom is -0.135 e. The Morgan fingerprint density at radius 3 is 0.796 bits per heavy atom. The zero-order valence-electron chi connectivity index (χ0n) is 29.1. The van der Waals surface area contributed by atoms with E-state index >= 15 is 0 Å². The summed E-state index contributed by atoms with van der Waals surface area (Å²) in [7, 11) is 0. The highest BCUT2D eigenvalue weighted by atomic mass is 32.1. The molecule has 12 aromatic rings. The van der Waals surface area contributed by atoms with E-state index in [2.05, 4.69) is 182 Å². The van der Waals surface area contributed by atoms with E-state index in [1.165, 1.54) is 117 Å². The summed E-state index contributed by atoms with van der Waals surface area (Å²) in [6.07, 6.45) is 0. The average molecular weight is 719 g/mol. The molecule has 0 aliphatic heterocycles. The lowest BCUT2D eigenvalue weighted by Crippen LogP contribution is -1.94. The molecule has 0 N–H and O–H groups in total. The molecule has 0 aliphatic rings. The van der Waals surface area contributed by atoms with Gasteiger partial charge in [0.05, 0.1) is 0 Å². The van der Waals surface area contributed by atoms with E-state index in [1.54, 1.807) is 0 Å². The summed E-state index contributed by atoms with van der Waals surface area (Å²) in [5, 5.41) is 15.5. The van der Waals surface area contributed by atoms with E-state index in [0.29, 0.717) is 0 Å². The van der Waals surface area contributed by atoms with Crippen LogP contribution in [0.3, 0.4) is 0 Å². The van der Waals surface area contributed by atoms with Gasteiger partial charge in [0.25, 0.3) is 0 Å². The Balaban J connectivity index is 1.19. The summed E-state index contributed by atoms with van der Waals surface area (Å²) in [4.78, 5) is 0. The summed E-state index contributed by atoms with van der Waals surface area (Å²) in [5.41, 5.74) is 7.70. The first-order chi connectivity index (χ1) is 26.8. The molecule has 10 aromatic carbocycles. The SMILES string of the molecule is c1ccc2c(c1)sc1ccc(-c3c4ccccc4c(-c4c5ccccc5c(-c5ccc6sc7ccccc7c6c5)c5ccccc45)c4ccccc34)cc12. The van der Waals surface area contributed by atoms with Gasteiger partial charge in [-0.05, 0) is 113 Å². The van der Waals surface area contributed by atoms with Gasteiger partial charge in [0.15, 0.2) is 0 Å². The van der Waals surface area contributed by atoms with Crippen LogP contribution in [0.1, 0.15) is 0 Å². The first-order valence-corrected chi connectivity index (χ1v) is 20.1. The van der Waals surface area contributed by atoms with Crippen molar-refractivity contribution in [1.29, 1.82) is 0 Å². The van der Waals surface area contributed by atoms with Crippen molar-refractivity contribution in [3.8, 4) is 33.4 Å². The predicted molar refractivity (Wildman–Crippen MR) is 239 cm³/mol. The monoisotopic (exact) mass is 718 g/mol. The van der Waals surface area contributed by atoms with Gasteiger partial charge in [0.2, 0.25) is 0 Å². The third kappa shape index (κ3) is 4.30. The molecule has 250 valence electrons. The number of fused-ring (bicyclic) bond motifs is 10. The maximum Gasteiger partial charge on any atom is 0.0355 e. The lowest BCUT2D eigenvalue weighted by atomic mass is 9.81. The number of rotatable bonds is 3. The Kier molecular flexibility index (Phi) is 6.48. The molecule has 0 nitrogen and oxygen atoms in total. The summed E-state index contributed by atoms with van der Waals surface area (Å²) < 4.78 is 5.32. The van der Waals surface area contributed by atoms with Crippen molar-refractivity contribution >= 4 is 106 Å². The highest BCUT2D eigenvalue weighted by Gasteiger charge is 2.23. The summed E-state index contributed by atoms with van der Waals surface area (Å²) in [5.74, 6) is 0. The van der Waals surface area contributed by atoms with Gasteiger partial charge in [0, 0.05) is 40.3 Å². The Hall–Kier alpha value is -6.32. The van der Waals surface area contributed by atoms with E-state index in [9.17, 15) is 0 Å². The fourth-order valence-corrected chi connectivity index (χ4v) is 11.4. The molecule has 12 rings (SSSR count). The van der Waals surface area contributed by atoms with Gasteiger partial charge in [-0.15, -0.1) is 22.7 Å². The highest BCUT2D eigenvalue weighted by Crippen LogP contribution is 2.51. The van der Waals surface area contributed by atoms with E-state index in [0.717, 1.165) is 0 Å². The van der Waals surface area contributed by atoms with Gasteiger partial charge < -0.3 is 0 Å². The zero-order chi connectivity index (χ0) is 35.3. The quantitative estimate of drug-likeness (QED) is 0.160. The van der Waals surface area contributed by atoms with Gasteiger partial charge in [0.1, 0.15) is 0 Å². The molecule has 0 bridgehead atoms. The molecule has 2 aromatic heterocycles. The van der Waals surface area contributed by atoms with Crippen LogP contribution in [0.5, 0.6) is 0 Å². The number of hydrogen-bond acceptors (Lipinski definition) is 2. The Morgan fingerprint density at radius 2 is 0.463 bits per heavy atom. The molecule has 0 saturated carbocycles. The summed E-state index contributed by atoms with van der Waals surface area (Å²) >= 11 is 3.75. The van der Waals surface area contributed by atoms with Crippen LogP contribution < -0.4 is 0 Å². The van der Waals surface area contributed by atoms with Gasteiger partial charge >= 0.3 is 0 Å². The highest BCUT2D eigenvalue weighted by molar-refractivity contribution is 7.26. The largest absolute Gasteiger partial charge is 0.135 e. The fraction of sp³-hybridized carbons (Fsp3) is 0. The molecule has 0 radical (unpaired) electrons. The maximum absolute atomic E-state index is 2.43. The van der Waals surface area contributed by atoms with Crippen molar-refractivity contribution in [2.75, 3.05) is 0 Å². The van der Waals surface area contributed by atoms with Crippen LogP contribution in [-0.4, -0.2) is 0 Å². The Bertz CT molecular complexity index is 3160. The third-order valence-corrected chi connectivity index (χ3v) is 13.7. The van der Waals surface area contributed by atoms with E-state index in [1.807, 2.05) is 22.7 Å². The van der Waals surface area contributed by atoms with Crippen LogP contribution in [0.25, 0.3) is 117 Å². The maximum atomic E-state index is 2.43. The summed E-state index contributed by atoms with van der Waals surface area (Å²) in [6.45, 7) is 0. The molecule has 2 heteroatoms. The second kappa shape index (κ2) is 11.6. The molecule has 0 aliphatic carbocycles. The molecular formula is C52H30S2. The number of hydrogen-bond donors (Lipinski definition) is 0. The summed E-state index contributed by atoms with van der Waals surface area (Å²) in [6, 6.07) is 68.1. The molecule has 0 amide bonds. The van der Waals surface area contributed by atoms with Crippen molar-refractivity contribution in [2.45, 2.75) is 0 Å². The minimum absolute atomic E-state index is 1.26. The number of thiophene rings is 2. The first-order valence-electron chi connectivity index (χ1n) is 18.5. The third-order valence-electron chi connectivity index (χ3n) is 11.4. The second-order valence-corrected chi connectivity index (χ2v) is 16.5. The van der Waals surface area contributed by atoms with Gasteiger partial charge in [-0.3, -0.25) is 0 Å². The molecule has 54 heavy (non-hydrogen) atoms. The van der Waals surface area contributed by atoms with Gasteiger partial charge in [-0.2, -0.15) is 0 Å². The Morgan fingerprint density at radius 1 is 0.204 bits per heavy atom. The van der Waals surface area contributed by atoms with Crippen LogP contribution in [0.15, 0.2) is 182 Å². The molecular weight excluding hydrogens is 689 g/mol. The Labute approximate surface area is 319 Å². The molecule has 0 unspecified atom stereocenters. The normalized spacial score (nSPS) is 12.1. The molecule has 0 atom stereocenters. The van der Waals surface area contributed by atoms with Crippen LogP contribution >= 0.6 is 22.7 Å². The van der Waals surface area contributed by atoms with Crippen LogP contribution in [0.2, 0.25) is 0 Å². The fourth-order valence-electron chi connectivity index (χ4n) is 9.18. The van der Waals surface area contributed by atoms with Crippen molar-refractivity contribution in [1.82, 2.24) is 0 Å². The second-order valence-electron chi connectivity index (χ2n) is 14.3. The lowest BCUT2D eigenvalue weighted by molar-refractivity contribution is 1.69. The van der Waals surface area contributed by atoms with Crippen LogP contribution in [0, 0.1) is 0 Å². The lowest BCUT2D eigenvalue weighted by Gasteiger charge is -2.22. The molecule has 2 heterocycles. The van der Waals surface area contributed by atoms with Crippen molar-refractivity contribution in [3.63, 3.8) is 0 Å². The topological polar surface area (TPSA) is 0 Å². The van der Waals surface area contributed by atoms with Crippen molar-refractivity contribution < 1.29 is 0 Å². The van der Waals surface area contributed by atoms with E-state index in [4.69, 9.17) is 0 Å². The van der Waals surface area contributed by atoms with Crippen LogP contribution in [0.4, 0.5) is 0 Å². The van der Waals surface area contributed by atoms with E-state index in [-0.39, 0.29) is 0 Å². The van der Waals surface area contributed by atoms with Gasteiger partial charge in [-0.1, -0.05) is 146 Å². The van der Waals surface area contributed by atoms with Crippen molar-refractivity contribution in [3.05, 3.63) is 182 Å². The smallest absolute Gasteiger partial charge is 0.0355 e.